The Morgan fingerprint density at radius 3 is 2.35 bits per heavy atom. The first-order chi connectivity index (χ1) is 18.7. The van der Waals surface area contributed by atoms with Gasteiger partial charge in [-0.3, -0.25) is 14.4 Å². The number of nitrogens with one attached hydrogen (secondary N) is 2. The lowest BCUT2D eigenvalue weighted by atomic mass is 9.88. The van der Waals surface area contributed by atoms with Crippen LogP contribution in [0.5, 0.6) is 11.5 Å². The van der Waals surface area contributed by atoms with Crippen molar-refractivity contribution in [3.63, 3.8) is 0 Å². The molecular weight excluding hydrogens is 635 g/mol. The van der Waals surface area contributed by atoms with E-state index in [2.05, 4.69) is 42.7 Å². The maximum absolute atomic E-state index is 14.4. The van der Waals surface area contributed by atoms with E-state index in [9.17, 15) is 23.2 Å². The predicted molar refractivity (Wildman–Crippen MR) is 151 cm³/mol. The standard InChI is InChI=1S/C29H32F2IN3O5/c1-15(2)11-20-25(36)33-23(19-12-16-7-5-6-8-17(16)13-19)27(38)35(20)24(26(37)34-28(3,4)32)18-9-10-21-22(14-18)40-29(30,31)39-21/h5-10,14-15,19-20,23-24H,11-13H2,1-4H3,(H,33,36)(H,34,37)/t20-,23-,24-/m1/s1. The number of halogens is 3. The van der Waals surface area contributed by atoms with Crippen LogP contribution in [-0.4, -0.2) is 44.5 Å². The Labute approximate surface area is 245 Å². The zero-order valence-corrected chi connectivity index (χ0v) is 24.8. The summed E-state index contributed by atoms with van der Waals surface area (Å²) in [4.78, 5) is 43.3. The van der Waals surface area contributed by atoms with Crippen LogP contribution < -0.4 is 20.1 Å². The van der Waals surface area contributed by atoms with Gasteiger partial charge in [0.1, 0.15) is 18.1 Å². The molecule has 1 fully saturated rings. The molecule has 2 aromatic rings. The monoisotopic (exact) mass is 667 g/mol. The van der Waals surface area contributed by atoms with Gasteiger partial charge >= 0.3 is 6.29 Å². The molecule has 0 unspecified atom stereocenters. The molecular formula is C29H32F2IN3O5. The van der Waals surface area contributed by atoms with Crippen LogP contribution >= 0.6 is 22.6 Å². The van der Waals surface area contributed by atoms with Crippen LogP contribution in [-0.2, 0) is 27.2 Å². The normalized spacial score (nSPS) is 22.8. The molecule has 0 saturated carbocycles. The maximum Gasteiger partial charge on any atom is 0.586 e. The van der Waals surface area contributed by atoms with E-state index in [4.69, 9.17) is 0 Å². The van der Waals surface area contributed by atoms with Crippen LogP contribution in [0.1, 0.15) is 56.8 Å². The fourth-order valence-corrected chi connectivity index (χ4v) is 6.08. The number of ether oxygens (including phenoxy) is 2. The van der Waals surface area contributed by atoms with Crippen molar-refractivity contribution >= 4 is 40.3 Å². The second kappa shape index (κ2) is 10.5. The summed E-state index contributed by atoms with van der Waals surface area (Å²) in [6.07, 6.45) is -2.29. The van der Waals surface area contributed by atoms with Gasteiger partial charge in [0.25, 0.3) is 0 Å². The van der Waals surface area contributed by atoms with Crippen molar-refractivity contribution in [2.75, 3.05) is 0 Å². The molecule has 5 rings (SSSR count). The number of hydrogen-bond acceptors (Lipinski definition) is 5. The van der Waals surface area contributed by atoms with Gasteiger partial charge in [0.05, 0.1) is 3.55 Å². The molecule has 2 N–H and O–H groups in total. The number of nitrogens with zero attached hydrogens (tertiary/aromatic N) is 1. The molecule has 40 heavy (non-hydrogen) atoms. The Morgan fingerprint density at radius 2 is 1.75 bits per heavy atom. The summed E-state index contributed by atoms with van der Waals surface area (Å²) in [5, 5.41) is 5.88. The highest BCUT2D eigenvalue weighted by atomic mass is 127. The quantitative estimate of drug-likeness (QED) is 0.258. The second-order valence-electron chi connectivity index (χ2n) is 11.6. The van der Waals surface area contributed by atoms with Crippen molar-refractivity contribution in [2.24, 2.45) is 11.8 Å². The van der Waals surface area contributed by atoms with Crippen molar-refractivity contribution in [3.05, 3.63) is 59.2 Å². The Balaban J connectivity index is 1.57. The average molecular weight is 667 g/mol. The molecule has 1 aliphatic carbocycles. The van der Waals surface area contributed by atoms with E-state index >= 15 is 0 Å². The molecule has 2 aliphatic heterocycles. The summed E-state index contributed by atoms with van der Waals surface area (Å²) >= 11 is 2.06. The summed E-state index contributed by atoms with van der Waals surface area (Å²) in [5.41, 5.74) is 2.49. The van der Waals surface area contributed by atoms with E-state index in [1.54, 1.807) is 13.8 Å². The fourth-order valence-electron chi connectivity index (χ4n) is 5.81. The van der Waals surface area contributed by atoms with Gasteiger partial charge in [-0.05, 0) is 73.8 Å². The van der Waals surface area contributed by atoms with Gasteiger partial charge in [0.15, 0.2) is 11.5 Å². The Morgan fingerprint density at radius 1 is 1.12 bits per heavy atom. The van der Waals surface area contributed by atoms with Crippen molar-refractivity contribution in [3.8, 4) is 11.5 Å². The molecule has 0 radical (unpaired) electrons. The molecule has 0 spiro atoms. The summed E-state index contributed by atoms with van der Waals surface area (Å²) < 4.78 is 36.1. The minimum absolute atomic E-state index is 0.0264. The number of amides is 3. The van der Waals surface area contributed by atoms with Gasteiger partial charge in [0.2, 0.25) is 17.7 Å². The minimum Gasteiger partial charge on any atom is -0.395 e. The molecule has 3 aliphatic rings. The lowest BCUT2D eigenvalue weighted by Crippen LogP contribution is -2.67. The molecule has 214 valence electrons. The first-order valence-corrected chi connectivity index (χ1v) is 14.4. The van der Waals surface area contributed by atoms with Gasteiger partial charge in [-0.15, -0.1) is 8.78 Å². The van der Waals surface area contributed by atoms with Gasteiger partial charge in [0, 0.05) is 0 Å². The molecule has 0 aromatic heterocycles. The Bertz CT molecular complexity index is 1320. The van der Waals surface area contributed by atoms with Crippen molar-refractivity contribution in [1.82, 2.24) is 15.5 Å². The average Bonchev–Trinajstić information content (AvgIpc) is 3.40. The lowest BCUT2D eigenvalue weighted by molar-refractivity contribution is -0.286. The third-order valence-corrected chi connectivity index (χ3v) is 7.66. The predicted octanol–water partition coefficient (Wildman–Crippen LogP) is 4.49. The van der Waals surface area contributed by atoms with E-state index in [0.717, 1.165) is 11.1 Å². The van der Waals surface area contributed by atoms with Crippen molar-refractivity contribution < 1.29 is 32.6 Å². The van der Waals surface area contributed by atoms with Crippen LogP contribution in [0, 0.1) is 11.8 Å². The third-order valence-electron chi connectivity index (χ3n) is 7.39. The summed E-state index contributed by atoms with van der Waals surface area (Å²) in [6.45, 7) is 7.44. The number of rotatable bonds is 7. The van der Waals surface area contributed by atoms with Crippen LogP contribution in [0.2, 0.25) is 0 Å². The van der Waals surface area contributed by atoms with Gasteiger partial charge in [-0.2, -0.15) is 0 Å². The van der Waals surface area contributed by atoms with Crippen LogP contribution in [0.4, 0.5) is 8.78 Å². The first-order valence-electron chi connectivity index (χ1n) is 13.3. The molecule has 11 heteroatoms. The number of benzene rings is 2. The largest absolute Gasteiger partial charge is 0.586 e. The van der Waals surface area contributed by atoms with Gasteiger partial charge in [-0.25, -0.2) is 0 Å². The zero-order valence-electron chi connectivity index (χ0n) is 22.7. The van der Waals surface area contributed by atoms with Gasteiger partial charge < -0.3 is 25.0 Å². The minimum atomic E-state index is -3.84. The van der Waals surface area contributed by atoms with E-state index in [-0.39, 0.29) is 40.7 Å². The molecule has 2 aromatic carbocycles. The third kappa shape index (κ3) is 5.75. The Kier molecular flexibility index (Phi) is 7.47. The molecule has 3 atom stereocenters. The van der Waals surface area contributed by atoms with Crippen molar-refractivity contribution in [1.29, 1.82) is 0 Å². The first kappa shape index (κ1) is 28.6. The number of piperazine rings is 1. The number of carbonyl (C=O) groups is 3. The summed E-state index contributed by atoms with van der Waals surface area (Å²) in [7, 11) is 0. The maximum atomic E-state index is 14.4. The molecule has 8 nitrogen and oxygen atoms in total. The highest BCUT2D eigenvalue weighted by molar-refractivity contribution is 14.1. The topological polar surface area (TPSA) is 97.0 Å². The number of hydrogen-bond donors (Lipinski definition) is 2. The van der Waals surface area contributed by atoms with Crippen molar-refractivity contribution in [2.45, 2.75) is 74.9 Å². The second-order valence-corrected chi connectivity index (χ2v) is 14.2. The van der Waals surface area contributed by atoms with E-state index in [1.807, 2.05) is 38.1 Å². The SMILES string of the molecule is CC(C)C[C@@H]1C(=O)N[C@H](C2Cc3ccccc3C2)C(=O)N1[C@@H](C(=O)NC(C)(C)I)c1ccc2c(c1)OC(F)(F)O2. The fraction of sp³-hybridized carbons (Fsp3) is 0.483. The summed E-state index contributed by atoms with van der Waals surface area (Å²) in [6, 6.07) is 8.91. The molecule has 1 saturated heterocycles. The van der Waals surface area contributed by atoms with Crippen LogP contribution in [0.25, 0.3) is 0 Å². The summed E-state index contributed by atoms with van der Waals surface area (Å²) in [5.74, 6) is -1.83. The highest BCUT2D eigenvalue weighted by Crippen LogP contribution is 2.44. The number of alkyl halides is 3. The van der Waals surface area contributed by atoms with Crippen LogP contribution in [0.3, 0.4) is 0 Å². The smallest absolute Gasteiger partial charge is 0.395 e. The highest BCUT2D eigenvalue weighted by Gasteiger charge is 2.50. The zero-order chi connectivity index (χ0) is 29.0. The number of carbonyl (C=O) groups excluding carboxylic acids is 3. The molecule has 0 bridgehead atoms. The van der Waals surface area contributed by atoms with Crippen LogP contribution in [0.15, 0.2) is 42.5 Å². The number of fused-ring (bicyclic) bond motifs is 2. The van der Waals surface area contributed by atoms with Gasteiger partial charge in [-0.1, -0.05) is 66.8 Å². The van der Waals surface area contributed by atoms with E-state index in [0.29, 0.717) is 19.3 Å². The molecule has 3 amide bonds. The lowest BCUT2D eigenvalue weighted by Gasteiger charge is -2.45. The van der Waals surface area contributed by atoms with E-state index < -0.39 is 33.9 Å². The van der Waals surface area contributed by atoms with E-state index in [1.165, 1.54) is 23.1 Å². The molecule has 2 heterocycles. The Hall–Kier alpha value is -2.96.